The number of hydrogen-bond acceptors (Lipinski definition) is 0. The highest BCUT2D eigenvalue weighted by Gasteiger charge is 2.13. The second kappa shape index (κ2) is 6.41. The monoisotopic (exact) mass is 221 g/mol. The summed E-state index contributed by atoms with van der Waals surface area (Å²) >= 11 is 3.81. The van der Waals surface area contributed by atoms with Crippen molar-refractivity contribution in [3.8, 4) is 0 Å². The minimum Gasteiger partial charge on any atom is -0.128 e. The second-order valence-corrected chi connectivity index (χ2v) is 8.29. The molecule has 0 fully saturated rings. The van der Waals surface area contributed by atoms with E-state index < -0.39 is 0 Å². The maximum atomic E-state index is 3.81. The van der Waals surface area contributed by atoms with Crippen LogP contribution in [0.3, 0.4) is 0 Å². The normalized spacial score (nSPS) is 14.1. The summed E-state index contributed by atoms with van der Waals surface area (Å²) in [5, 5.41) is 0. The Labute approximate surface area is 74.6 Å². The predicted octanol–water partition coefficient (Wildman–Crippen LogP) is 3.97. The van der Waals surface area contributed by atoms with Crippen molar-refractivity contribution in [2.45, 2.75) is 51.6 Å². The molecule has 0 heterocycles. The lowest BCUT2D eigenvalue weighted by Gasteiger charge is -2.12. The number of hydrogen-bond donors (Lipinski definition) is 0. The molecule has 0 bridgehead atoms. The molecule has 0 aliphatic heterocycles. The van der Waals surface area contributed by atoms with Gasteiger partial charge in [-0.15, -0.1) is 15.3 Å². The van der Waals surface area contributed by atoms with Gasteiger partial charge in [-0.2, -0.15) is 0 Å². The molecule has 1 unspecified atom stereocenters. The van der Waals surface area contributed by atoms with Crippen molar-refractivity contribution < 1.29 is 0 Å². The summed E-state index contributed by atoms with van der Waals surface area (Å²) in [7, 11) is -0.168. The lowest BCUT2D eigenvalue weighted by Crippen LogP contribution is -2.08. The van der Waals surface area contributed by atoms with Crippen LogP contribution in [0.25, 0.3) is 0 Å². The summed E-state index contributed by atoms with van der Waals surface area (Å²) in [6.07, 6.45) is 4.09. The van der Waals surface area contributed by atoms with E-state index in [1.54, 1.807) is 0 Å². The van der Waals surface area contributed by atoms with Gasteiger partial charge < -0.3 is 0 Å². The van der Waals surface area contributed by atoms with Crippen LogP contribution in [0.5, 0.6) is 0 Å². The van der Waals surface area contributed by atoms with E-state index in [9.17, 15) is 0 Å². The average molecular weight is 222 g/mol. The molecule has 0 aromatic rings. The van der Waals surface area contributed by atoms with Crippen LogP contribution in [0, 0.1) is 0 Å². The van der Waals surface area contributed by atoms with E-state index in [0.29, 0.717) is 0 Å². The topological polar surface area (TPSA) is 0 Å². The van der Waals surface area contributed by atoms with Gasteiger partial charge in [0.25, 0.3) is 0 Å². The summed E-state index contributed by atoms with van der Waals surface area (Å²) in [6.45, 7) is 6.90. The molecular formula is C8H18BrSi. The van der Waals surface area contributed by atoms with Crippen LogP contribution in [0.2, 0.25) is 11.6 Å². The van der Waals surface area contributed by atoms with Crippen LogP contribution < -0.4 is 0 Å². The first kappa shape index (κ1) is 10.7. The first-order valence-corrected chi connectivity index (χ1v) is 8.27. The molecule has 1 radical (unpaired) electrons. The quantitative estimate of drug-likeness (QED) is 0.487. The highest BCUT2D eigenvalue weighted by molar-refractivity contribution is 9.24. The van der Waals surface area contributed by atoms with Crippen LogP contribution in [-0.4, -0.2) is 7.42 Å². The van der Waals surface area contributed by atoms with Gasteiger partial charge in [-0.05, 0) is 11.6 Å². The molecule has 0 N–H and O–H groups in total. The third-order valence-corrected chi connectivity index (χ3v) is 7.76. The van der Waals surface area contributed by atoms with E-state index in [1.165, 1.54) is 25.3 Å². The number of rotatable bonds is 5. The molecule has 1 atom stereocenters. The minimum atomic E-state index is -0.168. The lowest BCUT2D eigenvalue weighted by molar-refractivity contribution is 0.828. The van der Waals surface area contributed by atoms with Gasteiger partial charge in [0.2, 0.25) is 0 Å². The molecule has 0 saturated heterocycles. The predicted molar refractivity (Wildman–Crippen MR) is 54.1 cm³/mol. The Kier molecular flexibility index (Phi) is 6.86. The Bertz CT molecular complexity index is 75.7. The van der Waals surface area contributed by atoms with Gasteiger partial charge in [0, 0.05) is 0 Å². The first-order chi connectivity index (χ1) is 4.72. The fourth-order valence-electron chi connectivity index (χ4n) is 0.814. The molecule has 0 aliphatic rings. The summed E-state index contributed by atoms with van der Waals surface area (Å²) in [5.74, 6) is 0. The van der Waals surface area contributed by atoms with E-state index in [-0.39, 0.29) is 7.42 Å². The summed E-state index contributed by atoms with van der Waals surface area (Å²) in [4.78, 5) is 0. The third-order valence-electron chi connectivity index (χ3n) is 1.92. The summed E-state index contributed by atoms with van der Waals surface area (Å²) in [6, 6.07) is 1.44. The Hall–Kier alpha value is 0.697. The third kappa shape index (κ3) is 4.50. The molecule has 0 amide bonds. The van der Waals surface area contributed by atoms with E-state index >= 15 is 0 Å². The molecule has 0 saturated carbocycles. The van der Waals surface area contributed by atoms with Crippen molar-refractivity contribution in [1.82, 2.24) is 0 Å². The second-order valence-electron chi connectivity index (χ2n) is 2.86. The smallest absolute Gasteiger partial charge is 0.128 e. The molecule has 0 nitrogen and oxygen atoms in total. The summed E-state index contributed by atoms with van der Waals surface area (Å²) in [5.41, 5.74) is 0.941. The standard InChI is InChI=1S/C8H18BrSi/c1-4-6-7-10(9)8(3)5-2/h8H,4-7H2,1-3H3. The van der Waals surface area contributed by atoms with Gasteiger partial charge in [-0.25, -0.2) is 0 Å². The average Bonchev–Trinajstić information content (AvgIpc) is 1.98. The van der Waals surface area contributed by atoms with Gasteiger partial charge in [0.15, 0.2) is 0 Å². The van der Waals surface area contributed by atoms with Crippen LogP contribution in [0.1, 0.15) is 40.0 Å². The van der Waals surface area contributed by atoms with Crippen LogP contribution in [-0.2, 0) is 0 Å². The fraction of sp³-hybridized carbons (Fsp3) is 1.00. The highest BCUT2D eigenvalue weighted by Crippen LogP contribution is 2.23. The van der Waals surface area contributed by atoms with Crippen molar-refractivity contribution in [1.29, 1.82) is 0 Å². The van der Waals surface area contributed by atoms with E-state index in [1.807, 2.05) is 0 Å². The zero-order valence-electron chi connectivity index (χ0n) is 7.28. The maximum absolute atomic E-state index is 3.81. The van der Waals surface area contributed by atoms with Crippen LogP contribution in [0.4, 0.5) is 0 Å². The molecule has 0 rings (SSSR count). The highest BCUT2D eigenvalue weighted by atomic mass is 79.9. The fourth-order valence-corrected chi connectivity index (χ4v) is 4.25. The molecule has 0 spiro atoms. The first-order valence-electron chi connectivity index (χ1n) is 4.23. The van der Waals surface area contributed by atoms with Gasteiger partial charge in [0.1, 0.15) is 7.42 Å². The van der Waals surface area contributed by atoms with E-state index in [4.69, 9.17) is 0 Å². The van der Waals surface area contributed by atoms with E-state index in [0.717, 1.165) is 5.54 Å². The maximum Gasteiger partial charge on any atom is 0.138 e. The molecular weight excluding hydrogens is 204 g/mol. The van der Waals surface area contributed by atoms with Crippen molar-refractivity contribution in [3.05, 3.63) is 0 Å². The Morgan fingerprint density at radius 2 is 2.00 bits per heavy atom. The minimum absolute atomic E-state index is 0.168. The van der Waals surface area contributed by atoms with Gasteiger partial charge in [0.05, 0.1) is 0 Å². The summed E-state index contributed by atoms with van der Waals surface area (Å²) < 4.78 is 0. The van der Waals surface area contributed by atoms with Crippen molar-refractivity contribution in [2.24, 2.45) is 0 Å². The zero-order chi connectivity index (χ0) is 7.98. The van der Waals surface area contributed by atoms with Gasteiger partial charge >= 0.3 is 0 Å². The zero-order valence-corrected chi connectivity index (χ0v) is 9.87. The van der Waals surface area contributed by atoms with Crippen molar-refractivity contribution in [2.75, 3.05) is 0 Å². The molecule has 0 aliphatic carbocycles. The largest absolute Gasteiger partial charge is 0.138 e. The number of unbranched alkanes of at least 4 members (excludes halogenated alkanes) is 1. The Balaban J connectivity index is 3.31. The van der Waals surface area contributed by atoms with Crippen molar-refractivity contribution >= 4 is 22.7 Å². The Morgan fingerprint density at radius 3 is 2.40 bits per heavy atom. The Morgan fingerprint density at radius 1 is 1.40 bits per heavy atom. The lowest BCUT2D eigenvalue weighted by atomic mass is 10.4. The molecule has 2 heteroatoms. The number of halogens is 1. The molecule has 10 heavy (non-hydrogen) atoms. The van der Waals surface area contributed by atoms with E-state index in [2.05, 4.69) is 36.1 Å². The van der Waals surface area contributed by atoms with Gasteiger partial charge in [-0.3, -0.25) is 0 Å². The molecule has 0 aromatic heterocycles. The molecule has 0 aromatic carbocycles. The molecule has 61 valence electrons. The van der Waals surface area contributed by atoms with Crippen LogP contribution >= 0.6 is 15.3 Å². The van der Waals surface area contributed by atoms with Crippen LogP contribution in [0.15, 0.2) is 0 Å². The van der Waals surface area contributed by atoms with Gasteiger partial charge in [-0.1, -0.05) is 40.0 Å². The SMILES string of the molecule is CCCC[Si](Br)C(C)CC. The van der Waals surface area contributed by atoms with Crippen molar-refractivity contribution in [3.63, 3.8) is 0 Å².